The topological polar surface area (TPSA) is 128 Å². The molecule has 0 saturated carbocycles. The molecule has 2 amide bonds. The molecule has 0 spiro atoms. The molecule has 4 rings (SSSR count). The van der Waals surface area contributed by atoms with E-state index in [9.17, 15) is 14.4 Å². The molecule has 0 fully saturated rings. The number of primary amides is 1. The average molecular weight is 440 g/mol. The molecule has 1 atom stereocenters. The largest absolute Gasteiger partial charge is 0.443 e. The maximum Gasteiger partial charge on any atom is 0.287 e. The number of hydrogen-bond acceptors (Lipinski definition) is 6. The number of carbonyl (C=O) groups is 3. The zero-order valence-corrected chi connectivity index (χ0v) is 17.5. The van der Waals surface area contributed by atoms with E-state index in [-0.39, 0.29) is 23.6 Å². The van der Waals surface area contributed by atoms with Crippen LogP contribution in [0, 0.1) is 0 Å². The van der Waals surface area contributed by atoms with Crippen LogP contribution in [-0.4, -0.2) is 33.6 Å². The summed E-state index contributed by atoms with van der Waals surface area (Å²) in [6.07, 6.45) is 3.10. The Labute approximate surface area is 189 Å². The summed E-state index contributed by atoms with van der Waals surface area (Å²) in [5.41, 5.74) is 7.77. The van der Waals surface area contributed by atoms with E-state index in [4.69, 9.17) is 10.2 Å². The van der Waals surface area contributed by atoms with Gasteiger partial charge in [0, 0.05) is 18.2 Å². The second-order valence-corrected chi connectivity index (χ2v) is 7.25. The van der Waals surface area contributed by atoms with Crippen LogP contribution < -0.4 is 11.1 Å². The lowest BCUT2D eigenvalue weighted by molar-refractivity contribution is -0.137. The normalized spacial score (nSPS) is 11.5. The quantitative estimate of drug-likeness (QED) is 0.406. The van der Waals surface area contributed by atoms with Gasteiger partial charge in [-0.05, 0) is 17.7 Å². The van der Waals surface area contributed by atoms with Crippen molar-refractivity contribution in [2.24, 2.45) is 5.73 Å². The highest BCUT2D eigenvalue weighted by Crippen LogP contribution is 2.25. The maximum absolute atomic E-state index is 13.1. The Morgan fingerprint density at radius 3 is 2.33 bits per heavy atom. The summed E-state index contributed by atoms with van der Waals surface area (Å²) in [6.45, 7) is 0. The predicted molar refractivity (Wildman–Crippen MR) is 121 cm³/mol. The second kappa shape index (κ2) is 9.69. The Morgan fingerprint density at radius 1 is 0.939 bits per heavy atom. The Hall–Kier alpha value is -4.59. The molecular formula is C25H20N4O4. The molecule has 0 aliphatic heterocycles. The number of Topliss-reactive ketones (excluding diaryl/α,β-unsaturated/α-hetero) is 1. The molecule has 0 aliphatic rings. The number of nitrogens with zero attached hydrogens (tertiary/aromatic N) is 2. The third-order valence-electron chi connectivity index (χ3n) is 4.98. The molecule has 1 unspecified atom stereocenters. The minimum Gasteiger partial charge on any atom is -0.443 e. The van der Waals surface area contributed by atoms with Crippen LogP contribution in [0.4, 0.5) is 0 Å². The van der Waals surface area contributed by atoms with Gasteiger partial charge in [-0.1, -0.05) is 60.7 Å². The van der Waals surface area contributed by atoms with Gasteiger partial charge in [0.15, 0.2) is 0 Å². The molecule has 2 aromatic heterocycles. The summed E-state index contributed by atoms with van der Waals surface area (Å²) >= 11 is 0. The van der Waals surface area contributed by atoms with Gasteiger partial charge in [0.2, 0.25) is 11.7 Å². The molecule has 0 saturated heterocycles. The fourth-order valence-electron chi connectivity index (χ4n) is 3.35. The lowest BCUT2D eigenvalue weighted by atomic mass is 10.0. The Balaban J connectivity index is 1.61. The number of nitrogens with one attached hydrogen (secondary N) is 1. The third-order valence-corrected chi connectivity index (χ3v) is 4.98. The van der Waals surface area contributed by atoms with Gasteiger partial charge in [-0.15, -0.1) is 0 Å². The number of ketones is 1. The Morgan fingerprint density at radius 2 is 1.64 bits per heavy atom. The molecular weight excluding hydrogens is 420 g/mol. The van der Waals surface area contributed by atoms with E-state index in [1.165, 1.54) is 12.5 Å². The molecule has 8 nitrogen and oxygen atoms in total. The van der Waals surface area contributed by atoms with Crippen molar-refractivity contribution >= 4 is 17.6 Å². The number of nitrogens with two attached hydrogens (primary N) is 1. The van der Waals surface area contributed by atoms with E-state index >= 15 is 0 Å². The molecule has 164 valence electrons. The minimum absolute atomic E-state index is 0.112. The summed E-state index contributed by atoms with van der Waals surface area (Å²) in [4.78, 5) is 45.8. The molecule has 3 N–H and O–H groups in total. The van der Waals surface area contributed by atoms with Crippen molar-refractivity contribution in [3.8, 4) is 22.8 Å². The predicted octanol–water partition coefficient (Wildman–Crippen LogP) is 2.80. The lowest BCUT2D eigenvalue weighted by Gasteiger charge is -2.17. The van der Waals surface area contributed by atoms with Gasteiger partial charge >= 0.3 is 0 Å². The highest BCUT2D eigenvalue weighted by Gasteiger charge is 2.27. The van der Waals surface area contributed by atoms with Gasteiger partial charge in [0.05, 0.1) is 5.56 Å². The summed E-state index contributed by atoms with van der Waals surface area (Å²) in [6, 6.07) is 20.4. The molecule has 0 aliphatic carbocycles. The van der Waals surface area contributed by atoms with Crippen LogP contribution in [0.2, 0.25) is 0 Å². The van der Waals surface area contributed by atoms with Crippen LogP contribution in [0.1, 0.15) is 15.9 Å². The van der Waals surface area contributed by atoms with Crippen molar-refractivity contribution in [3.63, 3.8) is 0 Å². The van der Waals surface area contributed by atoms with Crippen LogP contribution in [0.25, 0.3) is 22.8 Å². The number of pyridine rings is 1. The first-order chi connectivity index (χ1) is 16.0. The number of benzene rings is 2. The fourth-order valence-corrected chi connectivity index (χ4v) is 3.35. The molecule has 0 bridgehead atoms. The van der Waals surface area contributed by atoms with Crippen LogP contribution in [-0.2, 0) is 16.0 Å². The van der Waals surface area contributed by atoms with E-state index in [0.29, 0.717) is 5.69 Å². The standard InChI is InChI=1S/C25H20N4O4/c26-23(31)22(30)19(14-16-8-3-1-4-9-16)28-24(32)18-12-7-13-27-21(18)25-29-20(15-33-25)17-10-5-2-6-11-17/h1-13,15,19H,14H2,(H2,26,31)(H,28,32). The smallest absolute Gasteiger partial charge is 0.287 e. The van der Waals surface area contributed by atoms with Crippen molar-refractivity contribution in [2.75, 3.05) is 0 Å². The molecule has 8 heteroatoms. The number of amides is 2. The first-order valence-electron chi connectivity index (χ1n) is 10.2. The maximum atomic E-state index is 13.1. The number of aromatic nitrogens is 2. The van der Waals surface area contributed by atoms with Crippen LogP contribution in [0.3, 0.4) is 0 Å². The fraction of sp³-hybridized carbons (Fsp3) is 0.0800. The Kier molecular flexibility index (Phi) is 6.36. The van der Waals surface area contributed by atoms with Crippen molar-refractivity contribution in [1.82, 2.24) is 15.3 Å². The number of carbonyl (C=O) groups excluding carboxylic acids is 3. The van der Waals surface area contributed by atoms with E-state index in [2.05, 4.69) is 15.3 Å². The van der Waals surface area contributed by atoms with Gasteiger partial charge < -0.3 is 15.5 Å². The van der Waals surface area contributed by atoms with Gasteiger partial charge in [0.25, 0.3) is 11.8 Å². The molecule has 2 heterocycles. The highest BCUT2D eigenvalue weighted by molar-refractivity contribution is 6.38. The van der Waals surface area contributed by atoms with Crippen molar-refractivity contribution < 1.29 is 18.8 Å². The van der Waals surface area contributed by atoms with Crippen molar-refractivity contribution in [1.29, 1.82) is 0 Å². The molecule has 2 aromatic carbocycles. The van der Waals surface area contributed by atoms with Crippen molar-refractivity contribution in [2.45, 2.75) is 12.5 Å². The zero-order chi connectivity index (χ0) is 23.2. The van der Waals surface area contributed by atoms with Gasteiger partial charge in [0.1, 0.15) is 23.7 Å². The number of hydrogen-bond donors (Lipinski definition) is 2. The van der Waals surface area contributed by atoms with Crippen molar-refractivity contribution in [3.05, 3.63) is 96.4 Å². The van der Waals surface area contributed by atoms with E-state index < -0.39 is 23.6 Å². The summed E-state index contributed by atoms with van der Waals surface area (Å²) < 4.78 is 5.59. The minimum atomic E-state index is -1.13. The third kappa shape index (κ3) is 5.01. The SMILES string of the molecule is NC(=O)C(=O)C(Cc1ccccc1)NC(=O)c1cccnc1-c1nc(-c2ccccc2)co1. The van der Waals surface area contributed by atoms with Gasteiger partial charge in [-0.25, -0.2) is 4.98 Å². The Bertz CT molecular complexity index is 1290. The van der Waals surface area contributed by atoms with E-state index in [0.717, 1.165) is 11.1 Å². The van der Waals surface area contributed by atoms with E-state index in [1.54, 1.807) is 36.4 Å². The summed E-state index contributed by atoms with van der Waals surface area (Å²) in [5, 5.41) is 2.61. The van der Waals surface area contributed by atoms with Crippen LogP contribution in [0.5, 0.6) is 0 Å². The number of oxazole rings is 1. The van der Waals surface area contributed by atoms with Gasteiger partial charge in [-0.2, -0.15) is 0 Å². The lowest BCUT2D eigenvalue weighted by Crippen LogP contribution is -2.47. The monoisotopic (exact) mass is 440 g/mol. The van der Waals surface area contributed by atoms with Crippen LogP contribution >= 0.6 is 0 Å². The highest BCUT2D eigenvalue weighted by atomic mass is 16.3. The first kappa shape index (κ1) is 21.6. The molecule has 33 heavy (non-hydrogen) atoms. The number of rotatable bonds is 8. The average Bonchev–Trinajstić information content (AvgIpc) is 3.34. The van der Waals surface area contributed by atoms with Gasteiger partial charge in [-0.3, -0.25) is 19.4 Å². The van der Waals surface area contributed by atoms with Crippen LogP contribution in [0.15, 0.2) is 89.7 Å². The molecule has 4 aromatic rings. The summed E-state index contributed by atoms with van der Waals surface area (Å²) in [5.74, 6) is -2.46. The van der Waals surface area contributed by atoms with E-state index in [1.807, 2.05) is 36.4 Å². The first-order valence-corrected chi connectivity index (χ1v) is 10.2. The zero-order valence-electron chi connectivity index (χ0n) is 17.5. The second-order valence-electron chi connectivity index (χ2n) is 7.25. The summed E-state index contributed by atoms with van der Waals surface area (Å²) in [7, 11) is 0. The molecule has 0 radical (unpaired) electrons.